The molecule has 0 atom stereocenters. The van der Waals surface area contributed by atoms with Crippen LogP contribution in [0.2, 0.25) is 0 Å². The Morgan fingerprint density at radius 2 is 1.04 bits per heavy atom. The normalized spacial score (nSPS) is 11.5. The average molecular weight is 374 g/mol. The fourth-order valence-electron chi connectivity index (χ4n) is 3.67. The molecule has 6 nitrogen and oxygen atoms in total. The third-order valence-corrected chi connectivity index (χ3v) is 4.97. The van der Waals surface area contributed by atoms with Crippen LogP contribution in [0.3, 0.4) is 0 Å². The van der Waals surface area contributed by atoms with Gasteiger partial charge in [-0.1, -0.05) is 24.3 Å². The van der Waals surface area contributed by atoms with E-state index in [9.17, 15) is 9.59 Å². The minimum atomic E-state index is -0.502. The molecule has 5 rings (SSSR count). The van der Waals surface area contributed by atoms with Gasteiger partial charge < -0.3 is 18.3 Å². The van der Waals surface area contributed by atoms with E-state index < -0.39 is 11.3 Å². The highest BCUT2D eigenvalue weighted by atomic mass is 16.5. The van der Waals surface area contributed by atoms with Crippen molar-refractivity contribution in [3.63, 3.8) is 0 Å². The van der Waals surface area contributed by atoms with Crippen LogP contribution in [0.1, 0.15) is 0 Å². The second-order valence-corrected chi connectivity index (χ2v) is 6.40. The van der Waals surface area contributed by atoms with Gasteiger partial charge in [0.15, 0.2) is 22.7 Å². The Morgan fingerprint density at radius 3 is 1.43 bits per heavy atom. The maximum Gasteiger partial charge on any atom is 0.344 e. The molecule has 5 aromatic rings. The molecule has 0 aliphatic carbocycles. The molecule has 0 aliphatic heterocycles. The first-order valence-corrected chi connectivity index (χ1v) is 8.59. The fourth-order valence-corrected chi connectivity index (χ4v) is 3.67. The van der Waals surface area contributed by atoms with E-state index in [-0.39, 0.29) is 0 Å². The van der Waals surface area contributed by atoms with Gasteiger partial charge in [-0.05, 0) is 24.3 Å². The number of methoxy groups -OCH3 is 2. The molecule has 0 saturated heterocycles. The maximum atomic E-state index is 12.7. The Morgan fingerprint density at radius 1 is 0.607 bits per heavy atom. The second kappa shape index (κ2) is 5.85. The summed E-state index contributed by atoms with van der Waals surface area (Å²) in [5.41, 5.74) is -0.321. The average Bonchev–Trinajstić information content (AvgIpc) is 2.72. The molecule has 0 saturated carbocycles. The topological polar surface area (TPSA) is 78.9 Å². The first-order chi connectivity index (χ1) is 13.6. The first-order valence-electron chi connectivity index (χ1n) is 8.59. The van der Waals surface area contributed by atoms with Gasteiger partial charge in [0.05, 0.1) is 25.0 Å². The van der Waals surface area contributed by atoms with Crippen LogP contribution in [0.15, 0.2) is 67.0 Å². The predicted octanol–water partition coefficient (Wildman–Crippen LogP) is 4.22. The summed E-state index contributed by atoms with van der Waals surface area (Å²) in [6, 6.07) is 14.0. The van der Waals surface area contributed by atoms with Gasteiger partial charge in [0, 0.05) is 21.5 Å². The highest BCUT2D eigenvalue weighted by Gasteiger charge is 2.16. The fraction of sp³-hybridized carbons (Fsp3) is 0.0909. The number of hydrogen-bond acceptors (Lipinski definition) is 6. The van der Waals surface area contributed by atoms with Gasteiger partial charge in [-0.2, -0.15) is 0 Å². The Balaban J connectivity index is 2.04. The van der Waals surface area contributed by atoms with Crippen molar-refractivity contribution in [2.45, 2.75) is 0 Å². The van der Waals surface area contributed by atoms with Gasteiger partial charge in [-0.15, -0.1) is 0 Å². The molecule has 3 aromatic carbocycles. The van der Waals surface area contributed by atoms with Gasteiger partial charge in [0.1, 0.15) is 0 Å². The lowest BCUT2D eigenvalue weighted by atomic mass is 10.0. The van der Waals surface area contributed by atoms with E-state index in [4.69, 9.17) is 18.3 Å². The van der Waals surface area contributed by atoms with E-state index in [1.807, 2.05) is 12.1 Å². The van der Waals surface area contributed by atoms with Gasteiger partial charge in [0.25, 0.3) is 0 Å². The van der Waals surface area contributed by atoms with Crippen molar-refractivity contribution < 1.29 is 18.3 Å². The SMILES string of the molecule is COc1cccc2c1oc(=O)c1cc3c(cc12)c(=O)oc1c(OC)cccc13. The lowest BCUT2D eigenvalue weighted by Gasteiger charge is -2.09. The van der Waals surface area contributed by atoms with Crippen LogP contribution < -0.4 is 20.7 Å². The zero-order valence-corrected chi connectivity index (χ0v) is 15.1. The summed E-state index contributed by atoms with van der Waals surface area (Å²) in [5, 5.41) is 3.33. The van der Waals surface area contributed by atoms with Crippen molar-refractivity contribution in [1.29, 1.82) is 0 Å². The number of hydrogen-bond donors (Lipinski definition) is 0. The molecular formula is C22H14O6. The van der Waals surface area contributed by atoms with Crippen LogP contribution in [0.25, 0.3) is 43.5 Å². The lowest BCUT2D eigenvalue weighted by molar-refractivity contribution is 0.407. The third-order valence-electron chi connectivity index (χ3n) is 4.97. The minimum absolute atomic E-state index is 0.341. The van der Waals surface area contributed by atoms with E-state index >= 15 is 0 Å². The summed E-state index contributed by atoms with van der Waals surface area (Å²) >= 11 is 0. The summed E-state index contributed by atoms with van der Waals surface area (Å²) in [6.07, 6.45) is 0. The Hall–Kier alpha value is -3.80. The lowest BCUT2D eigenvalue weighted by Crippen LogP contribution is -2.05. The number of para-hydroxylation sites is 2. The summed E-state index contributed by atoms with van der Waals surface area (Å²) in [6.45, 7) is 0. The summed E-state index contributed by atoms with van der Waals surface area (Å²) in [4.78, 5) is 25.4. The number of ether oxygens (including phenoxy) is 2. The van der Waals surface area contributed by atoms with E-state index in [2.05, 4.69) is 0 Å². The van der Waals surface area contributed by atoms with Crippen molar-refractivity contribution in [1.82, 2.24) is 0 Å². The van der Waals surface area contributed by atoms with Crippen molar-refractivity contribution in [3.8, 4) is 11.5 Å². The molecule has 0 spiro atoms. The molecule has 0 radical (unpaired) electrons. The Kier molecular flexibility index (Phi) is 3.42. The van der Waals surface area contributed by atoms with E-state index in [0.29, 0.717) is 55.0 Å². The predicted molar refractivity (Wildman–Crippen MR) is 107 cm³/mol. The van der Waals surface area contributed by atoms with Crippen LogP contribution in [0.4, 0.5) is 0 Å². The molecule has 0 N–H and O–H groups in total. The molecule has 0 fully saturated rings. The van der Waals surface area contributed by atoms with Crippen LogP contribution in [0.5, 0.6) is 11.5 Å². The van der Waals surface area contributed by atoms with E-state index in [1.165, 1.54) is 14.2 Å². The standard InChI is InChI=1S/C22H14O6/c1-25-17-7-3-5-11-13-9-16-14(10-15(13)21(23)27-19(11)17)12-6-4-8-18(26-2)20(12)28-22(16)24/h3-10H,1-2H3. The molecule has 0 aliphatic rings. The van der Waals surface area contributed by atoms with Gasteiger partial charge >= 0.3 is 11.3 Å². The highest BCUT2D eigenvalue weighted by molar-refractivity contribution is 6.15. The molecule has 2 aromatic heterocycles. The Bertz CT molecular complexity index is 1410. The van der Waals surface area contributed by atoms with E-state index in [0.717, 1.165) is 0 Å². The van der Waals surface area contributed by atoms with Gasteiger partial charge in [-0.3, -0.25) is 0 Å². The zero-order valence-electron chi connectivity index (χ0n) is 15.1. The van der Waals surface area contributed by atoms with Crippen LogP contribution >= 0.6 is 0 Å². The van der Waals surface area contributed by atoms with Crippen LogP contribution in [-0.4, -0.2) is 14.2 Å². The summed E-state index contributed by atoms with van der Waals surface area (Å²) in [5.74, 6) is 0.902. The molecule has 28 heavy (non-hydrogen) atoms. The zero-order chi connectivity index (χ0) is 19.4. The summed E-state index contributed by atoms with van der Waals surface area (Å²) < 4.78 is 21.7. The third kappa shape index (κ3) is 2.15. The molecule has 0 bridgehead atoms. The molecule has 0 unspecified atom stereocenters. The highest BCUT2D eigenvalue weighted by Crippen LogP contribution is 2.34. The first kappa shape index (κ1) is 16.4. The molecule has 138 valence electrons. The number of fused-ring (bicyclic) bond motifs is 6. The van der Waals surface area contributed by atoms with Crippen molar-refractivity contribution in [2.75, 3.05) is 14.2 Å². The maximum absolute atomic E-state index is 12.7. The van der Waals surface area contributed by atoms with E-state index in [1.54, 1.807) is 36.4 Å². The van der Waals surface area contributed by atoms with Gasteiger partial charge in [0.2, 0.25) is 0 Å². The minimum Gasteiger partial charge on any atom is -0.493 e. The molecule has 0 amide bonds. The monoisotopic (exact) mass is 374 g/mol. The number of rotatable bonds is 2. The molecule has 2 heterocycles. The quantitative estimate of drug-likeness (QED) is 0.261. The van der Waals surface area contributed by atoms with Crippen molar-refractivity contribution in [3.05, 3.63) is 69.4 Å². The van der Waals surface area contributed by atoms with Crippen LogP contribution in [-0.2, 0) is 0 Å². The summed E-state index contributed by atoms with van der Waals surface area (Å²) in [7, 11) is 3.01. The van der Waals surface area contributed by atoms with Gasteiger partial charge in [-0.25, -0.2) is 9.59 Å². The van der Waals surface area contributed by atoms with Crippen LogP contribution in [0, 0.1) is 0 Å². The largest absolute Gasteiger partial charge is 0.493 e. The van der Waals surface area contributed by atoms with Crippen molar-refractivity contribution >= 4 is 43.5 Å². The Labute approximate surface area is 157 Å². The van der Waals surface area contributed by atoms with Crippen molar-refractivity contribution in [2.24, 2.45) is 0 Å². The number of benzene rings is 3. The smallest absolute Gasteiger partial charge is 0.344 e. The molecule has 6 heteroatoms. The second-order valence-electron chi connectivity index (χ2n) is 6.40. The molecular weight excluding hydrogens is 360 g/mol.